The molecule has 2 aromatic carbocycles. The van der Waals surface area contributed by atoms with Gasteiger partial charge in [-0.15, -0.1) is 0 Å². The molecule has 4 rings (SSSR count). The van der Waals surface area contributed by atoms with E-state index in [1.54, 1.807) is 49.4 Å². The van der Waals surface area contributed by atoms with E-state index >= 15 is 0 Å². The summed E-state index contributed by atoms with van der Waals surface area (Å²) in [4.78, 5) is 37.6. The fourth-order valence-corrected chi connectivity index (χ4v) is 3.00. The standard InChI is InChI=1S/C18H15N5O3/c1-18(11-7-3-2-4-8-11)16(25)23(17(26)19-18)22-15(24)14-12-9-5-6-10-13(12)20-21-14/h2-10H,1H3,(H,19,26)(H,20,21)(H,22,24). The number of fused-ring (bicyclic) bond motifs is 1. The van der Waals surface area contributed by atoms with Gasteiger partial charge in [-0.25, -0.2) is 4.79 Å². The van der Waals surface area contributed by atoms with E-state index in [0.717, 1.165) is 0 Å². The zero-order valence-corrected chi connectivity index (χ0v) is 13.8. The minimum Gasteiger partial charge on any atom is -0.318 e. The van der Waals surface area contributed by atoms with E-state index in [0.29, 0.717) is 21.5 Å². The second kappa shape index (κ2) is 5.69. The number of aromatic amines is 1. The summed E-state index contributed by atoms with van der Waals surface area (Å²) in [6.45, 7) is 1.60. The lowest BCUT2D eigenvalue weighted by atomic mass is 9.92. The number of H-pyrrole nitrogens is 1. The maximum absolute atomic E-state index is 12.8. The molecule has 1 fully saturated rings. The molecular weight excluding hydrogens is 334 g/mol. The molecule has 3 N–H and O–H groups in total. The summed E-state index contributed by atoms with van der Waals surface area (Å²) in [5, 5.41) is 10.6. The Kier molecular flexibility index (Phi) is 3.47. The van der Waals surface area contributed by atoms with Crippen LogP contribution in [-0.2, 0) is 10.3 Å². The summed E-state index contributed by atoms with van der Waals surface area (Å²) in [6.07, 6.45) is 0. The van der Waals surface area contributed by atoms with Crippen molar-refractivity contribution in [3.8, 4) is 0 Å². The molecule has 0 radical (unpaired) electrons. The molecule has 26 heavy (non-hydrogen) atoms. The minimum absolute atomic E-state index is 0.106. The lowest BCUT2D eigenvalue weighted by molar-refractivity contribution is -0.132. The van der Waals surface area contributed by atoms with Gasteiger partial charge in [-0.2, -0.15) is 10.1 Å². The number of hydrogen-bond acceptors (Lipinski definition) is 4. The van der Waals surface area contributed by atoms with E-state index in [2.05, 4.69) is 20.9 Å². The predicted octanol–water partition coefficient (Wildman–Crippen LogP) is 1.67. The van der Waals surface area contributed by atoms with Gasteiger partial charge in [0.05, 0.1) is 5.52 Å². The Bertz CT molecular complexity index is 1030. The molecule has 8 nitrogen and oxygen atoms in total. The first kappa shape index (κ1) is 15.8. The summed E-state index contributed by atoms with van der Waals surface area (Å²) >= 11 is 0. The van der Waals surface area contributed by atoms with E-state index in [4.69, 9.17) is 0 Å². The van der Waals surface area contributed by atoms with Crippen LogP contribution >= 0.6 is 0 Å². The van der Waals surface area contributed by atoms with Crippen molar-refractivity contribution in [1.29, 1.82) is 0 Å². The third-order valence-corrected chi connectivity index (χ3v) is 4.44. The van der Waals surface area contributed by atoms with Crippen LogP contribution in [0.5, 0.6) is 0 Å². The maximum Gasteiger partial charge on any atom is 0.344 e. The molecule has 130 valence electrons. The Morgan fingerprint density at radius 2 is 1.77 bits per heavy atom. The van der Waals surface area contributed by atoms with Crippen molar-refractivity contribution in [3.05, 3.63) is 65.9 Å². The SMILES string of the molecule is CC1(c2ccccc2)NC(=O)N(NC(=O)c2n[nH]c3ccccc23)C1=O. The molecule has 0 bridgehead atoms. The number of carbonyl (C=O) groups excluding carboxylic acids is 3. The number of nitrogens with one attached hydrogen (secondary N) is 3. The highest BCUT2D eigenvalue weighted by Crippen LogP contribution is 2.27. The number of rotatable bonds is 3. The summed E-state index contributed by atoms with van der Waals surface area (Å²) < 4.78 is 0. The van der Waals surface area contributed by atoms with Crippen molar-refractivity contribution in [3.63, 3.8) is 0 Å². The third-order valence-electron chi connectivity index (χ3n) is 4.44. The van der Waals surface area contributed by atoms with Gasteiger partial charge in [-0.1, -0.05) is 48.5 Å². The van der Waals surface area contributed by atoms with Gasteiger partial charge in [-0.05, 0) is 18.6 Å². The number of nitrogens with zero attached hydrogens (tertiary/aromatic N) is 2. The number of carbonyl (C=O) groups is 3. The van der Waals surface area contributed by atoms with Gasteiger partial charge in [-0.3, -0.25) is 20.1 Å². The van der Waals surface area contributed by atoms with E-state index in [9.17, 15) is 14.4 Å². The molecule has 0 saturated carbocycles. The number of urea groups is 1. The third kappa shape index (κ3) is 2.31. The Morgan fingerprint density at radius 1 is 1.08 bits per heavy atom. The maximum atomic E-state index is 12.8. The van der Waals surface area contributed by atoms with Crippen LogP contribution in [0.4, 0.5) is 4.79 Å². The Morgan fingerprint density at radius 3 is 2.54 bits per heavy atom. The highest BCUT2D eigenvalue weighted by Gasteiger charge is 2.50. The molecule has 4 amide bonds. The average Bonchev–Trinajstić information content (AvgIpc) is 3.18. The van der Waals surface area contributed by atoms with E-state index in [1.807, 2.05) is 12.1 Å². The number of hydrazine groups is 1. The quantitative estimate of drug-likeness (QED) is 0.625. The van der Waals surface area contributed by atoms with Crippen molar-refractivity contribution < 1.29 is 14.4 Å². The van der Waals surface area contributed by atoms with Crippen molar-refractivity contribution >= 4 is 28.7 Å². The Hall–Kier alpha value is -3.68. The second-order valence-corrected chi connectivity index (χ2v) is 6.12. The van der Waals surface area contributed by atoms with Crippen LogP contribution in [-0.4, -0.2) is 33.1 Å². The highest BCUT2D eigenvalue weighted by atomic mass is 16.2. The summed E-state index contributed by atoms with van der Waals surface area (Å²) in [6, 6.07) is 15.2. The van der Waals surface area contributed by atoms with Crippen LogP contribution in [0, 0.1) is 0 Å². The Balaban J connectivity index is 1.61. The van der Waals surface area contributed by atoms with Gasteiger partial charge in [0.2, 0.25) is 0 Å². The largest absolute Gasteiger partial charge is 0.344 e. The fourth-order valence-electron chi connectivity index (χ4n) is 3.00. The zero-order chi connectivity index (χ0) is 18.3. The van der Waals surface area contributed by atoms with Crippen molar-refractivity contribution in [2.24, 2.45) is 0 Å². The number of aromatic nitrogens is 2. The lowest BCUT2D eigenvalue weighted by Gasteiger charge is -2.21. The van der Waals surface area contributed by atoms with Crippen molar-refractivity contribution in [2.45, 2.75) is 12.5 Å². The molecule has 2 heterocycles. The molecule has 1 saturated heterocycles. The van der Waals surface area contributed by atoms with Crippen LogP contribution in [0.25, 0.3) is 10.9 Å². The lowest BCUT2D eigenvalue weighted by Crippen LogP contribution is -2.48. The van der Waals surface area contributed by atoms with Gasteiger partial charge in [0.1, 0.15) is 5.54 Å². The van der Waals surface area contributed by atoms with Crippen LogP contribution in [0.2, 0.25) is 0 Å². The van der Waals surface area contributed by atoms with Crippen molar-refractivity contribution in [2.75, 3.05) is 0 Å². The molecule has 0 aliphatic carbocycles. The van der Waals surface area contributed by atoms with Crippen LogP contribution < -0.4 is 10.7 Å². The van der Waals surface area contributed by atoms with Crippen LogP contribution in [0.1, 0.15) is 23.0 Å². The number of imide groups is 1. The first-order valence-corrected chi connectivity index (χ1v) is 7.97. The average molecular weight is 349 g/mol. The zero-order valence-electron chi connectivity index (χ0n) is 13.8. The van der Waals surface area contributed by atoms with E-state index in [-0.39, 0.29) is 5.69 Å². The number of para-hydroxylation sites is 1. The van der Waals surface area contributed by atoms with Crippen LogP contribution in [0.15, 0.2) is 54.6 Å². The predicted molar refractivity (Wildman–Crippen MR) is 92.7 cm³/mol. The molecule has 1 unspecified atom stereocenters. The topological polar surface area (TPSA) is 107 Å². The Labute approximate surface area is 148 Å². The van der Waals surface area contributed by atoms with E-state index in [1.165, 1.54) is 0 Å². The smallest absolute Gasteiger partial charge is 0.318 e. The minimum atomic E-state index is -1.25. The monoisotopic (exact) mass is 349 g/mol. The molecule has 1 aliphatic rings. The molecule has 1 aliphatic heterocycles. The number of benzene rings is 2. The summed E-state index contributed by atoms with van der Waals surface area (Å²) in [5.41, 5.74) is 2.51. The van der Waals surface area contributed by atoms with E-state index < -0.39 is 23.4 Å². The fraction of sp³-hybridized carbons (Fsp3) is 0.111. The number of hydrogen-bond donors (Lipinski definition) is 3. The highest BCUT2D eigenvalue weighted by molar-refractivity contribution is 6.11. The van der Waals surface area contributed by atoms with Gasteiger partial charge in [0.25, 0.3) is 11.8 Å². The normalized spacial score (nSPS) is 19.7. The van der Waals surface area contributed by atoms with Gasteiger partial charge >= 0.3 is 6.03 Å². The molecule has 1 atom stereocenters. The van der Waals surface area contributed by atoms with Crippen molar-refractivity contribution in [1.82, 2.24) is 25.9 Å². The van der Waals surface area contributed by atoms with Gasteiger partial charge in [0, 0.05) is 5.39 Å². The van der Waals surface area contributed by atoms with Gasteiger partial charge in [0.15, 0.2) is 5.69 Å². The van der Waals surface area contributed by atoms with Gasteiger partial charge < -0.3 is 5.32 Å². The molecule has 8 heteroatoms. The molecule has 0 spiro atoms. The second-order valence-electron chi connectivity index (χ2n) is 6.12. The summed E-state index contributed by atoms with van der Waals surface area (Å²) in [5.74, 6) is -1.22. The molecular formula is C18H15N5O3. The molecule has 1 aromatic heterocycles. The first-order chi connectivity index (χ1) is 12.5. The van der Waals surface area contributed by atoms with Crippen LogP contribution in [0.3, 0.4) is 0 Å². The first-order valence-electron chi connectivity index (χ1n) is 7.97. The number of amides is 4. The molecule has 3 aromatic rings. The summed E-state index contributed by atoms with van der Waals surface area (Å²) in [7, 11) is 0.